The van der Waals surface area contributed by atoms with Crippen LogP contribution in [0.4, 0.5) is 0 Å². The van der Waals surface area contributed by atoms with E-state index in [0.717, 1.165) is 30.8 Å². The monoisotopic (exact) mass is 238 g/mol. The Balaban J connectivity index is 1.97. The molecule has 1 fully saturated rings. The van der Waals surface area contributed by atoms with Crippen LogP contribution < -0.4 is 0 Å². The summed E-state index contributed by atoms with van der Waals surface area (Å²) in [5, 5.41) is 3.85. The lowest BCUT2D eigenvalue weighted by molar-refractivity contribution is -0.148. The molecule has 0 aliphatic carbocycles. The summed E-state index contributed by atoms with van der Waals surface area (Å²) in [4.78, 5) is 13.8. The number of ether oxygens (including phenoxy) is 1. The number of aryl methyl sites for hydroxylation is 1. The third-order valence-corrected chi connectivity index (χ3v) is 2.96. The van der Waals surface area contributed by atoms with Gasteiger partial charge < -0.3 is 9.26 Å². The van der Waals surface area contributed by atoms with E-state index in [1.54, 1.807) is 0 Å². The highest BCUT2D eigenvalue weighted by Gasteiger charge is 2.32. The highest BCUT2D eigenvalue weighted by molar-refractivity contribution is 5.76. The van der Waals surface area contributed by atoms with E-state index in [1.807, 2.05) is 19.9 Å². The first kappa shape index (κ1) is 12.1. The molecule has 1 unspecified atom stereocenters. The van der Waals surface area contributed by atoms with Crippen molar-refractivity contribution in [2.75, 3.05) is 13.2 Å². The molecular weight excluding hydrogens is 220 g/mol. The molecule has 1 aromatic rings. The van der Waals surface area contributed by atoms with Crippen molar-refractivity contribution in [3.63, 3.8) is 0 Å². The van der Waals surface area contributed by atoms with Gasteiger partial charge in [0.25, 0.3) is 0 Å². The van der Waals surface area contributed by atoms with E-state index in [4.69, 9.17) is 9.26 Å². The number of hydrogen-bond acceptors (Lipinski definition) is 5. The molecule has 1 atom stereocenters. The van der Waals surface area contributed by atoms with Crippen LogP contribution in [0.25, 0.3) is 0 Å². The molecular formula is C12H18N2O3. The highest BCUT2D eigenvalue weighted by atomic mass is 16.5. The number of hydrogen-bond donors (Lipinski definition) is 0. The van der Waals surface area contributed by atoms with Gasteiger partial charge in [0, 0.05) is 6.07 Å². The summed E-state index contributed by atoms with van der Waals surface area (Å²) in [7, 11) is 0. The largest absolute Gasteiger partial charge is 0.465 e. The predicted molar refractivity (Wildman–Crippen MR) is 61.3 cm³/mol. The van der Waals surface area contributed by atoms with Crippen LogP contribution in [0.5, 0.6) is 0 Å². The van der Waals surface area contributed by atoms with E-state index in [-0.39, 0.29) is 12.0 Å². The molecule has 0 radical (unpaired) electrons. The Bertz CT molecular complexity index is 389. The summed E-state index contributed by atoms with van der Waals surface area (Å²) in [6, 6.07) is 1.78. The lowest BCUT2D eigenvalue weighted by Gasteiger charge is -2.21. The highest BCUT2D eigenvalue weighted by Crippen LogP contribution is 2.21. The summed E-state index contributed by atoms with van der Waals surface area (Å²) in [6.07, 6.45) is 1.89. The summed E-state index contributed by atoms with van der Waals surface area (Å²) in [5.41, 5.74) is 0.867. The van der Waals surface area contributed by atoms with Crippen molar-refractivity contribution in [3.05, 3.63) is 17.5 Å². The van der Waals surface area contributed by atoms with Gasteiger partial charge in [0.2, 0.25) is 0 Å². The number of aromatic nitrogens is 1. The Hall–Kier alpha value is -1.36. The fraction of sp³-hybridized carbons (Fsp3) is 0.667. The number of carbonyl (C=O) groups excluding carboxylic acids is 1. The van der Waals surface area contributed by atoms with Crippen molar-refractivity contribution < 1.29 is 14.1 Å². The third kappa shape index (κ3) is 2.85. The van der Waals surface area contributed by atoms with Crippen LogP contribution in [-0.2, 0) is 16.1 Å². The summed E-state index contributed by atoms with van der Waals surface area (Å²) >= 11 is 0. The predicted octanol–water partition coefficient (Wildman–Crippen LogP) is 1.51. The van der Waals surface area contributed by atoms with Gasteiger partial charge in [-0.3, -0.25) is 9.69 Å². The standard InChI is InChI=1S/C12H18N2O3/c1-3-16-12(15)11-5-4-6-14(11)8-10-7-9(2)13-17-10/h7,11H,3-6,8H2,1-2H3. The van der Waals surface area contributed by atoms with Crippen molar-refractivity contribution in [1.29, 1.82) is 0 Å². The average Bonchev–Trinajstić information content (AvgIpc) is 2.89. The van der Waals surface area contributed by atoms with E-state index in [2.05, 4.69) is 10.1 Å². The average molecular weight is 238 g/mol. The zero-order valence-electron chi connectivity index (χ0n) is 10.3. The zero-order chi connectivity index (χ0) is 12.3. The Morgan fingerprint density at radius 1 is 1.71 bits per heavy atom. The first-order valence-electron chi connectivity index (χ1n) is 6.03. The lowest BCUT2D eigenvalue weighted by Crippen LogP contribution is -2.36. The van der Waals surface area contributed by atoms with E-state index in [0.29, 0.717) is 13.2 Å². The zero-order valence-corrected chi connectivity index (χ0v) is 10.3. The van der Waals surface area contributed by atoms with Crippen molar-refractivity contribution in [3.8, 4) is 0 Å². The van der Waals surface area contributed by atoms with Crippen LogP contribution in [0, 0.1) is 6.92 Å². The molecule has 0 spiro atoms. The number of carbonyl (C=O) groups is 1. The maximum absolute atomic E-state index is 11.7. The van der Waals surface area contributed by atoms with Crippen LogP contribution in [0.15, 0.2) is 10.6 Å². The topological polar surface area (TPSA) is 55.6 Å². The molecule has 0 bridgehead atoms. The molecule has 5 heteroatoms. The first-order valence-corrected chi connectivity index (χ1v) is 6.03. The molecule has 2 heterocycles. The molecule has 1 saturated heterocycles. The van der Waals surface area contributed by atoms with Crippen molar-refractivity contribution in [1.82, 2.24) is 10.1 Å². The first-order chi connectivity index (χ1) is 8.20. The molecule has 94 valence electrons. The number of esters is 1. The second-order valence-corrected chi connectivity index (χ2v) is 4.32. The number of likely N-dealkylation sites (tertiary alicyclic amines) is 1. The van der Waals surface area contributed by atoms with E-state index >= 15 is 0 Å². The number of nitrogens with zero attached hydrogens (tertiary/aromatic N) is 2. The molecule has 1 aliphatic heterocycles. The van der Waals surface area contributed by atoms with Gasteiger partial charge in [-0.1, -0.05) is 5.16 Å². The van der Waals surface area contributed by atoms with Gasteiger partial charge >= 0.3 is 5.97 Å². The molecule has 0 amide bonds. The van der Waals surface area contributed by atoms with E-state index < -0.39 is 0 Å². The SMILES string of the molecule is CCOC(=O)C1CCCN1Cc1cc(C)no1. The van der Waals surface area contributed by atoms with Crippen LogP contribution >= 0.6 is 0 Å². The Kier molecular flexibility index (Phi) is 3.78. The summed E-state index contributed by atoms with van der Waals surface area (Å²) in [6.45, 7) is 5.69. The molecule has 0 aromatic carbocycles. The third-order valence-electron chi connectivity index (χ3n) is 2.96. The lowest BCUT2D eigenvalue weighted by atomic mass is 10.2. The second-order valence-electron chi connectivity index (χ2n) is 4.32. The van der Waals surface area contributed by atoms with Gasteiger partial charge in [-0.05, 0) is 33.2 Å². The smallest absolute Gasteiger partial charge is 0.323 e. The minimum absolute atomic E-state index is 0.124. The maximum Gasteiger partial charge on any atom is 0.323 e. The molecule has 2 rings (SSSR count). The van der Waals surface area contributed by atoms with E-state index in [1.165, 1.54) is 0 Å². The van der Waals surface area contributed by atoms with Crippen LogP contribution in [0.1, 0.15) is 31.2 Å². The normalized spacial score (nSPS) is 20.7. The van der Waals surface area contributed by atoms with Crippen molar-refractivity contribution in [2.24, 2.45) is 0 Å². The van der Waals surface area contributed by atoms with Crippen LogP contribution in [0.3, 0.4) is 0 Å². The fourth-order valence-electron chi connectivity index (χ4n) is 2.21. The second kappa shape index (κ2) is 5.31. The van der Waals surface area contributed by atoms with Crippen LogP contribution in [-0.4, -0.2) is 35.2 Å². The molecule has 17 heavy (non-hydrogen) atoms. The molecule has 1 aromatic heterocycles. The van der Waals surface area contributed by atoms with Gasteiger partial charge in [-0.25, -0.2) is 0 Å². The van der Waals surface area contributed by atoms with Crippen molar-refractivity contribution in [2.45, 2.75) is 39.3 Å². The van der Waals surface area contributed by atoms with Crippen molar-refractivity contribution >= 4 is 5.97 Å². The number of rotatable bonds is 4. The minimum Gasteiger partial charge on any atom is -0.465 e. The molecule has 0 saturated carbocycles. The quantitative estimate of drug-likeness (QED) is 0.744. The van der Waals surface area contributed by atoms with Gasteiger partial charge in [-0.15, -0.1) is 0 Å². The maximum atomic E-state index is 11.7. The minimum atomic E-state index is -0.125. The fourth-order valence-corrected chi connectivity index (χ4v) is 2.21. The van der Waals surface area contributed by atoms with Crippen LogP contribution in [0.2, 0.25) is 0 Å². The summed E-state index contributed by atoms with van der Waals surface area (Å²) in [5.74, 6) is 0.680. The molecule has 5 nitrogen and oxygen atoms in total. The van der Waals surface area contributed by atoms with Gasteiger partial charge in [0.1, 0.15) is 6.04 Å². The van der Waals surface area contributed by atoms with E-state index in [9.17, 15) is 4.79 Å². The Morgan fingerprint density at radius 3 is 3.18 bits per heavy atom. The molecule has 1 aliphatic rings. The van der Waals surface area contributed by atoms with Gasteiger partial charge in [-0.2, -0.15) is 0 Å². The Morgan fingerprint density at radius 2 is 2.53 bits per heavy atom. The summed E-state index contributed by atoms with van der Waals surface area (Å²) < 4.78 is 10.2. The van der Waals surface area contributed by atoms with Gasteiger partial charge in [0.05, 0.1) is 18.8 Å². The molecule has 0 N–H and O–H groups in total. The Labute approximate surface area is 101 Å². The van der Waals surface area contributed by atoms with Gasteiger partial charge in [0.15, 0.2) is 5.76 Å².